The molecule has 0 aliphatic rings. The van der Waals surface area contributed by atoms with Gasteiger partial charge in [-0.15, -0.1) is 0 Å². The molecule has 0 radical (unpaired) electrons. The zero-order chi connectivity index (χ0) is 5.70. The Bertz CT molecular complexity index is 39.1. The van der Waals surface area contributed by atoms with Gasteiger partial charge in [0.2, 0.25) is 0 Å². The van der Waals surface area contributed by atoms with Gasteiger partial charge in [0, 0.05) is 0 Å². The summed E-state index contributed by atoms with van der Waals surface area (Å²) >= 11 is 3.83. The van der Waals surface area contributed by atoms with E-state index in [4.69, 9.17) is 0 Å². The summed E-state index contributed by atoms with van der Waals surface area (Å²) < 4.78 is 1.48. The second-order valence-electron chi connectivity index (χ2n) is 1.71. The fraction of sp³-hybridized carbons (Fsp3) is 1.00. The second-order valence-corrected chi connectivity index (χ2v) is 4.96. The molecule has 0 aromatic heterocycles. The third-order valence-corrected chi connectivity index (χ3v) is 4.40. The summed E-state index contributed by atoms with van der Waals surface area (Å²) in [6, 6.07) is 0. The van der Waals surface area contributed by atoms with Gasteiger partial charge in [0.1, 0.15) is 0 Å². The number of hydrogen-bond donors (Lipinski definition) is 0. The molecule has 0 saturated heterocycles. The maximum absolute atomic E-state index is 3.44. The average molecular weight is 279 g/mol. The Morgan fingerprint density at radius 1 is 1.71 bits per heavy atom. The van der Waals surface area contributed by atoms with Crippen molar-refractivity contribution in [1.29, 1.82) is 0 Å². The Morgan fingerprint density at radius 2 is 2.29 bits per heavy atom. The van der Waals surface area contributed by atoms with Gasteiger partial charge in [-0.25, -0.2) is 0 Å². The minimum absolute atomic E-state index is 0.389. The van der Waals surface area contributed by atoms with Crippen molar-refractivity contribution in [1.82, 2.24) is 0 Å². The monoisotopic (exact) mass is 280 g/mol. The molecule has 0 heterocycles. The Balaban J connectivity index is 2.83. The van der Waals surface area contributed by atoms with E-state index in [-0.39, 0.29) is 0 Å². The first-order valence-corrected chi connectivity index (χ1v) is 7.46. The van der Waals surface area contributed by atoms with Gasteiger partial charge in [-0.3, -0.25) is 0 Å². The maximum atomic E-state index is 3.44. The summed E-state index contributed by atoms with van der Waals surface area (Å²) in [5.41, 5.74) is 0. The molecule has 1 atom stereocenters. The molecular formula is C5H11BrTe. The van der Waals surface area contributed by atoms with Crippen molar-refractivity contribution in [3.8, 4) is 0 Å². The molecule has 7 heavy (non-hydrogen) atoms. The van der Waals surface area contributed by atoms with Crippen molar-refractivity contribution in [2.24, 2.45) is 5.92 Å². The van der Waals surface area contributed by atoms with Gasteiger partial charge in [-0.05, 0) is 0 Å². The van der Waals surface area contributed by atoms with E-state index in [9.17, 15) is 0 Å². The van der Waals surface area contributed by atoms with Gasteiger partial charge in [0.15, 0.2) is 0 Å². The SMILES string of the molecule is C[Te]CC(C)CBr. The molecule has 2 heteroatoms. The molecule has 44 valence electrons. The van der Waals surface area contributed by atoms with E-state index in [1.54, 1.807) is 0 Å². The van der Waals surface area contributed by atoms with Gasteiger partial charge in [-0.2, -0.15) is 0 Å². The van der Waals surface area contributed by atoms with Gasteiger partial charge in [0.05, 0.1) is 0 Å². The summed E-state index contributed by atoms with van der Waals surface area (Å²) in [5, 5.41) is 1.19. The second kappa shape index (κ2) is 5.41. The van der Waals surface area contributed by atoms with Crippen molar-refractivity contribution < 1.29 is 0 Å². The third kappa shape index (κ3) is 5.14. The molecule has 0 aromatic rings. The van der Waals surface area contributed by atoms with Crippen LogP contribution in [0, 0.1) is 5.92 Å². The average Bonchev–Trinajstić information content (AvgIpc) is 1.68. The van der Waals surface area contributed by atoms with E-state index in [0.29, 0.717) is 20.9 Å². The van der Waals surface area contributed by atoms with Gasteiger partial charge in [-0.1, -0.05) is 0 Å². The van der Waals surface area contributed by atoms with Crippen LogP contribution in [0.4, 0.5) is 0 Å². The molecule has 0 bridgehead atoms. The van der Waals surface area contributed by atoms with Gasteiger partial charge >= 0.3 is 64.5 Å². The fourth-order valence-electron chi connectivity index (χ4n) is 0.329. The van der Waals surface area contributed by atoms with Crippen molar-refractivity contribution in [3.05, 3.63) is 0 Å². The molecule has 0 N–H and O–H groups in total. The van der Waals surface area contributed by atoms with E-state index < -0.39 is 0 Å². The molecule has 1 unspecified atom stereocenters. The number of rotatable bonds is 3. The molecular weight excluding hydrogens is 268 g/mol. The van der Waals surface area contributed by atoms with Crippen LogP contribution in [-0.4, -0.2) is 26.3 Å². The van der Waals surface area contributed by atoms with E-state index in [1.165, 1.54) is 9.80 Å². The van der Waals surface area contributed by atoms with E-state index in [0.717, 1.165) is 5.92 Å². The predicted octanol–water partition coefficient (Wildman–Crippen LogP) is 2.19. The van der Waals surface area contributed by atoms with Crippen LogP contribution in [0.3, 0.4) is 0 Å². The molecule has 0 spiro atoms. The molecule has 0 aromatic carbocycles. The summed E-state index contributed by atoms with van der Waals surface area (Å²) in [5.74, 6) is 0.924. The number of halogens is 1. The Kier molecular flexibility index (Phi) is 6.39. The minimum atomic E-state index is 0.389. The standard InChI is InChI=1S/C5H11BrTe/c1-5(3-6)4-7-2/h5H,3-4H2,1-2H3. The Hall–Kier alpha value is 1.27. The van der Waals surface area contributed by atoms with Gasteiger partial charge < -0.3 is 0 Å². The van der Waals surface area contributed by atoms with Crippen molar-refractivity contribution in [2.45, 2.75) is 16.4 Å². The molecule has 0 aliphatic heterocycles. The van der Waals surface area contributed by atoms with Crippen molar-refractivity contribution >= 4 is 36.9 Å². The first-order chi connectivity index (χ1) is 3.31. The van der Waals surface area contributed by atoms with E-state index in [1.807, 2.05) is 0 Å². The summed E-state index contributed by atoms with van der Waals surface area (Å²) in [7, 11) is 0. The van der Waals surface area contributed by atoms with Crippen molar-refractivity contribution in [2.75, 3.05) is 5.33 Å². The van der Waals surface area contributed by atoms with Crippen LogP contribution in [0.5, 0.6) is 0 Å². The van der Waals surface area contributed by atoms with Gasteiger partial charge in [0.25, 0.3) is 0 Å². The Morgan fingerprint density at radius 3 is 2.43 bits per heavy atom. The number of hydrogen-bond acceptors (Lipinski definition) is 0. The van der Waals surface area contributed by atoms with E-state index in [2.05, 4.69) is 27.8 Å². The zero-order valence-corrected chi connectivity index (χ0v) is 8.69. The van der Waals surface area contributed by atoms with Crippen LogP contribution in [0.1, 0.15) is 6.92 Å². The molecule has 0 aliphatic carbocycles. The molecule has 0 rings (SSSR count). The first kappa shape index (κ1) is 8.27. The van der Waals surface area contributed by atoms with Crippen molar-refractivity contribution in [3.63, 3.8) is 0 Å². The quantitative estimate of drug-likeness (QED) is 0.548. The molecule has 0 amide bonds. The first-order valence-electron chi connectivity index (χ1n) is 2.36. The molecule has 0 nitrogen and oxygen atoms in total. The summed E-state index contributed by atoms with van der Waals surface area (Å²) in [6.45, 7) is 2.29. The summed E-state index contributed by atoms with van der Waals surface area (Å²) in [4.78, 5) is 2.35. The normalized spacial score (nSPS) is 14.1. The predicted molar refractivity (Wildman–Crippen MR) is 39.4 cm³/mol. The fourth-order valence-corrected chi connectivity index (χ4v) is 3.46. The van der Waals surface area contributed by atoms with Crippen LogP contribution in [0.2, 0.25) is 9.44 Å². The molecule has 0 fully saturated rings. The molecule has 0 saturated carbocycles. The van der Waals surface area contributed by atoms with Crippen LogP contribution in [-0.2, 0) is 0 Å². The van der Waals surface area contributed by atoms with Crippen LogP contribution in [0.15, 0.2) is 0 Å². The van der Waals surface area contributed by atoms with Crippen LogP contribution in [0.25, 0.3) is 0 Å². The van der Waals surface area contributed by atoms with Crippen LogP contribution < -0.4 is 0 Å². The Labute approximate surface area is 64.3 Å². The number of alkyl halides is 1. The van der Waals surface area contributed by atoms with Crippen LogP contribution >= 0.6 is 15.9 Å². The van der Waals surface area contributed by atoms with E-state index >= 15 is 0 Å². The summed E-state index contributed by atoms with van der Waals surface area (Å²) in [6.07, 6.45) is 0. The third-order valence-electron chi connectivity index (χ3n) is 0.715. The topological polar surface area (TPSA) is 0 Å². The zero-order valence-electron chi connectivity index (χ0n) is 4.78.